The molecule has 1 saturated heterocycles. The molecule has 0 aliphatic carbocycles. The number of amides is 12. The number of nitrogens with zero attached hydrogens (tertiary/aromatic N) is 4. The Hall–Kier alpha value is -8.46. The van der Waals surface area contributed by atoms with Crippen molar-refractivity contribution < 1.29 is 76.5 Å². The number of likely N-dealkylation sites (tertiary alicyclic amines) is 1. The molecule has 0 aromatic heterocycles. The average Bonchev–Trinajstić information content (AvgIpc) is 1.48. The SMILES string of the molecule is CC[C@H](C)[C@@H]([C@@H](CC)OC)N(C)C(=O)[C@@H](NC(=O)[C@H](C(C)C)N(C)C(=O)OCc1ccc(NC(=O)[C@H](CCCNC(N)=O)NC(=O)[C@@H](NC(=O)CCCCCN2C(=O)C=CC2=O)C(C)C)cc1)C(C)C.COC(=O)[C@H](Cc1ccccc1)NC(=O)[C@H](C)[C@@H](OC)[C@@H]1CCCN1C(C)=O. The summed E-state index contributed by atoms with van der Waals surface area (Å²) in [5, 5.41) is 16.5. The lowest BCUT2D eigenvalue weighted by Gasteiger charge is -2.40. The first-order valence-electron chi connectivity index (χ1n) is 34.2. The van der Waals surface area contributed by atoms with Crippen LogP contribution in [0.25, 0.3) is 0 Å². The Morgan fingerprint density at radius 1 is 0.663 bits per heavy atom. The van der Waals surface area contributed by atoms with E-state index in [1.807, 2.05) is 51.1 Å². The van der Waals surface area contributed by atoms with Gasteiger partial charge in [0.2, 0.25) is 41.4 Å². The molecule has 27 heteroatoms. The molecule has 2 aromatic carbocycles. The number of ether oxygens (including phenoxy) is 4. The quantitative estimate of drug-likeness (QED) is 0.0238. The highest BCUT2D eigenvalue weighted by molar-refractivity contribution is 6.12. The second kappa shape index (κ2) is 42.4. The standard InChI is InChI=1S/C50H81N9O11.C21H30N2O5/c1-13-33(9)44(37(14-2)69-12)57(10)48(66)42(31(5)6)56-47(65)43(32(7)8)58(11)50(68)70-29-34-21-23-35(24-22-34)53-45(63)36(19-18-27-52-49(51)67)54-46(64)41(30(3)4)55-38(60)20-16-15-17-28-59-39(61)25-26-40(59)62;1-14(19(27-3)18-11-8-12-23(18)15(2)24)20(25)22-17(21(26)28-4)13-16-9-6-5-7-10-16/h21-26,30-33,36-37,41-44H,13-20,27-29H2,1-12H3,(H,53,63)(H,54,64)(H,55,60)(H,56,65)(H3,51,52,67);5-7,9-10,14,17-19H,8,11-13H2,1-4H3,(H,22,25)/t33-,36-,37+,41-,42-,43-,44-;14-,17+,18+,19-/m01/s1. The maximum atomic E-state index is 14.0. The van der Waals surface area contributed by atoms with Gasteiger partial charge in [0.1, 0.15) is 36.8 Å². The van der Waals surface area contributed by atoms with E-state index in [-0.39, 0.29) is 116 Å². The van der Waals surface area contributed by atoms with E-state index in [2.05, 4.69) is 45.7 Å². The summed E-state index contributed by atoms with van der Waals surface area (Å²) in [5.74, 6) is -5.13. The Labute approximate surface area is 578 Å². The van der Waals surface area contributed by atoms with Gasteiger partial charge in [-0.15, -0.1) is 0 Å². The number of rotatable bonds is 38. The van der Waals surface area contributed by atoms with E-state index in [0.29, 0.717) is 49.9 Å². The van der Waals surface area contributed by atoms with Crippen LogP contribution in [0.5, 0.6) is 0 Å². The van der Waals surface area contributed by atoms with E-state index in [1.165, 1.54) is 38.1 Å². The number of likely N-dealkylation sites (N-methyl/N-ethyl adjacent to an activating group) is 2. The normalized spacial score (nSPS) is 16.6. The maximum absolute atomic E-state index is 14.0. The summed E-state index contributed by atoms with van der Waals surface area (Å²) < 4.78 is 21.9. The van der Waals surface area contributed by atoms with Crippen LogP contribution in [-0.4, -0.2) is 200 Å². The second-order valence-electron chi connectivity index (χ2n) is 26.2. The van der Waals surface area contributed by atoms with E-state index in [0.717, 1.165) is 29.7 Å². The molecule has 0 saturated carbocycles. The minimum atomic E-state index is -1.08. The first-order valence-corrected chi connectivity index (χ1v) is 34.2. The molecule has 98 heavy (non-hydrogen) atoms. The molecule has 11 atom stereocenters. The van der Waals surface area contributed by atoms with Crippen molar-refractivity contribution >= 4 is 76.9 Å². The minimum absolute atomic E-state index is 0.0197. The molecule has 8 N–H and O–H groups in total. The van der Waals surface area contributed by atoms with Crippen LogP contribution in [-0.2, 0) is 79.9 Å². The van der Waals surface area contributed by atoms with Gasteiger partial charge in [0, 0.05) is 85.6 Å². The van der Waals surface area contributed by atoms with E-state index >= 15 is 0 Å². The molecule has 0 radical (unpaired) electrons. The van der Waals surface area contributed by atoms with Crippen molar-refractivity contribution in [3.8, 4) is 0 Å². The third-order valence-electron chi connectivity index (χ3n) is 17.9. The zero-order chi connectivity index (χ0) is 73.5. The number of hydrogen-bond acceptors (Lipinski definition) is 16. The van der Waals surface area contributed by atoms with Gasteiger partial charge in [-0.25, -0.2) is 14.4 Å². The number of imide groups is 1. The molecule has 2 aliphatic heterocycles. The predicted octanol–water partition coefficient (Wildman–Crippen LogP) is 5.77. The van der Waals surface area contributed by atoms with Crippen molar-refractivity contribution in [3.63, 3.8) is 0 Å². The minimum Gasteiger partial charge on any atom is -0.467 e. The lowest BCUT2D eigenvalue weighted by atomic mass is 9.90. The second-order valence-corrected chi connectivity index (χ2v) is 26.2. The number of esters is 1. The number of benzene rings is 2. The number of methoxy groups -OCH3 is 3. The van der Waals surface area contributed by atoms with Gasteiger partial charge in [-0.1, -0.05) is 125 Å². The summed E-state index contributed by atoms with van der Waals surface area (Å²) in [7, 11) is 7.70. The average molecular weight is 1370 g/mol. The van der Waals surface area contributed by atoms with Crippen LogP contribution in [0.15, 0.2) is 66.7 Å². The molecule has 546 valence electrons. The number of nitrogens with one attached hydrogen (secondary N) is 6. The fraction of sp³-hybridized carbons (Fsp3) is 0.634. The monoisotopic (exact) mass is 1370 g/mol. The van der Waals surface area contributed by atoms with Crippen molar-refractivity contribution in [2.45, 2.75) is 208 Å². The Morgan fingerprint density at radius 3 is 1.83 bits per heavy atom. The highest BCUT2D eigenvalue weighted by Gasteiger charge is 2.42. The van der Waals surface area contributed by atoms with Crippen LogP contribution >= 0.6 is 0 Å². The van der Waals surface area contributed by atoms with Gasteiger partial charge < -0.3 is 66.4 Å². The summed E-state index contributed by atoms with van der Waals surface area (Å²) >= 11 is 0. The van der Waals surface area contributed by atoms with Crippen LogP contribution in [0.2, 0.25) is 0 Å². The zero-order valence-electron chi connectivity index (χ0n) is 60.4. The summed E-state index contributed by atoms with van der Waals surface area (Å²) in [4.78, 5) is 159. The van der Waals surface area contributed by atoms with Crippen LogP contribution in [0.1, 0.15) is 151 Å². The number of anilines is 1. The lowest BCUT2D eigenvalue weighted by Crippen LogP contribution is -2.60. The summed E-state index contributed by atoms with van der Waals surface area (Å²) in [5.41, 5.74) is 7.07. The Kier molecular flexibility index (Phi) is 36.2. The summed E-state index contributed by atoms with van der Waals surface area (Å²) in [6.07, 6.45) is 6.66. The molecule has 0 bridgehead atoms. The molecule has 2 aromatic rings. The van der Waals surface area contributed by atoms with Crippen LogP contribution in [0, 0.1) is 29.6 Å². The van der Waals surface area contributed by atoms with Gasteiger partial charge in [0.25, 0.3) is 11.8 Å². The van der Waals surface area contributed by atoms with Gasteiger partial charge >= 0.3 is 18.1 Å². The fourth-order valence-corrected chi connectivity index (χ4v) is 12.2. The highest BCUT2D eigenvalue weighted by atomic mass is 16.6. The van der Waals surface area contributed by atoms with E-state index in [9.17, 15) is 57.5 Å². The Balaban J connectivity index is 0.000000737. The van der Waals surface area contributed by atoms with Gasteiger partial charge in [-0.05, 0) is 91.9 Å². The predicted molar refractivity (Wildman–Crippen MR) is 370 cm³/mol. The van der Waals surface area contributed by atoms with E-state index in [4.69, 9.17) is 24.7 Å². The van der Waals surface area contributed by atoms with Crippen LogP contribution in [0.3, 0.4) is 0 Å². The Morgan fingerprint density at radius 2 is 1.29 bits per heavy atom. The van der Waals surface area contributed by atoms with Crippen molar-refractivity contribution in [1.29, 1.82) is 0 Å². The number of carbonyl (C=O) groups excluding carboxylic acids is 12. The first kappa shape index (κ1) is 83.8. The molecule has 0 spiro atoms. The summed E-state index contributed by atoms with van der Waals surface area (Å²) in [6.45, 7) is 21.2. The molecule has 1 fully saturated rings. The fourth-order valence-electron chi connectivity index (χ4n) is 12.2. The Bertz CT molecular complexity index is 2960. The number of nitrogens with two attached hydrogens (primary N) is 1. The summed E-state index contributed by atoms with van der Waals surface area (Å²) in [6, 6.07) is 10.2. The van der Waals surface area contributed by atoms with Gasteiger partial charge in [-0.2, -0.15) is 0 Å². The molecule has 2 aliphatic rings. The molecular weight excluding hydrogens is 1260 g/mol. The van der Waals surface area contributed by atoms with Gasteiger partial charge in [0.15, 0.2) is 0 Å². The van der Waals surface area contributed by atoms with Gasteiger partial charge in [0.05, 0.1) is 37.3 Å². The van der Waals surface area contributed by atoms with Crippen LogP contribution < -0.4 is 37.6 Å². The molecule has 4 rings (SSSR count). The van der Waals surface area contributed by atoms with Crippen molar-refractivity contribution in [3.05, 3.63) is 77.9 Å². The number of primary amides is 1. The van der Waals surface area contributed by atoms with Crippen molar-refractivity contribution in [2.75, 3.05) is 60.4 Å². The smallest absolute Gasteiger partial charge is 0.410 e. The first-order chi connectivity index (χ1) is 46.4. The van der Waals surface area contributed by atoms with Crippen LogP contribution in [0.4, 0.5) is 15.3 Å². The topological polar surface area (TPSA) is 353 Å². The molecular formula is C71H111N11O16. The van der Waals surface area contributed by atoms with Gasteiger partial charge in [-0.3, -0.25) is 53.0 Å². The molecule has 27 nitrogen and oxygen atoms in total. The molecule has 0 unspecified atom stereocenters. The largest absolute Gasteiger partial charge is 0.467 e. The number of urea groups is 1. The van der Waals surface area contributed by atoms with Crippen molar-refractivity contribution in [1.82, 2.24) is 46.2 Å². The number of unbranched alkanes of at least 4 members (excludes halogenated alkanes) is 2. The zero-order valence-corrected chi connectivity index (χ0v) is 60.4. The van der Waals surface area contributed by atoms with E-state index in [1.54, 1.807) is 90.0 Å². The third kappa shape index (κ3) is 26.1. The number of hydrogen-bond donors (Lipinski definition) is 7. The van der Waals surface area contributed by atoms with E-state index < -0.39 is 78.0 Å². The highest BCUT2D eigenvalue weighted by Crippen LogP contribution is 2.28. The molecule has 12 amide bonds. The molecule has 2 heterocycles. The van der Waals surface area contributed by atoms with Crippen molar-refractivity contribution in [2.24, 2.45) is 35.3 Å². The lowest BCUT2D eigenvalue weighted by molar-refractivity contribution is -0.147. The maximum Gasteiger partial charge on any atom is 0.410 e. The number of carbonyl (C=O) groups is 12. The third-order valence-corrected chi connectivity index (χ3v) is 17.9.